The number of aryl methyl sites for hydroxylation is 1. The van der Waals surface area contributed by atoms with E-state index in [9.17, 15) is 0 Å². The average molecular weight is 1250 g/mol. The van der Waals surface area contributed by atoms with E-state index in [1.165, 1.54) is 48.6 Å². The number of rotatable bonds is 8. The van der Waals surface area contributed by atoms with E-state index in [0.717, 1.165) is 145 Å². The van der Waals surface area contributed by atoms with Gasteiger partial charge in [0.15, 0.2) is 0 Å². The number of benzene rings is 15. The number of aromatic nitrogens is 4. The van der Waals surface area contributed by atoms with Gasteiger partial charge >= 0.3 is 0 Å². The van der Waals surface area contributed by atoms with Crippen molar-refractivity contribution in [2.75, 3.05) is 4.90 Å². The van der Waals surface area contributed by atoms with Crippen molar-refractivity contribution in [2.45, 2.75) is 6.92 Å². The second-order valence-corrected chi connectivity index (χ2v) is 26.3. The Bertz CT molecular complexity index is 6370. The van der Waals surface area contributed by atoms with E-state index in [2.05, 4.69) is 364 Å². The highest BCUT2D eigenvalue weighted by Crippen LogP contribution is 2.51. The summed E-state index contributed by atoms with van der Waals surface area (Å²) < 4.78 is 17.6. The molecule has 7 heteroatoms. The Kier molecular flexibility index (Phi) is 11.7. The predicted molar refractivity (Wildman–Crippen MR) is 411 cm³/mol. The molecule has 21 rings (SSSR count). The minimum atomic E-state index is -0.191. The standard InChI is InChI=1S/C91H58BN5O/c1-57-49-51-73-87(53-57)98-88-56-60(63-37-24-48-84(94-77-41-17-8-30-66(77)67-31-9-18-42-78(67)94)91(63)97-81-45-21-12-34-70(81)71-35-13-22-46-82(71)97)55-86-89(88)92(73)72-52-50-59(54-85(72)95(86)74-38-14-5-27-61(74)58-25-3-2-4-26-58)62-36-23-47-83(93-75-39-15-6-28-64(75)65-29-7-16-40-76(65)93)90(62)96-79-43-19-10-32-68(79)69-33-11-20-44-80(69)96/h2-56H,1H3. The molecule has 19 aromatic rings. The Labute approximate surface area is 565 Å². The van der Waals surface area contributed by atoms with Gasteiger partial charge < -0.3 is 27.9 Å². The number of nitrogens with zero attached hydrogens (tertiary/aromatic N) is 5. The molecule has 0 atom stereocenters. The molecule has 15 aromatic carbocycles. The lowest BCUT2D eigenvalue weighted by molar-refractivity contribution is 0.487. The molecule has 0 radical (unpaired) electrons. The Morgan fingerprint density at radius 2 is 0.622 bits per heavy atom. The number of para-hydroxylation sites is 11. The molecule has 0 fully saturated rings. The average Bonchev–Trinajstić information content (AvgIpc) is 1.22. The van der Waals surface area contributed by atoms with Crippen molar-refractivity contribution >= 4 is 127 Å². The molecule has 0 saturated carbocycles. The van der Waals surface area contributed by atoms with Crippen LogP contribution in [0.5, 0.6) is 11.5 Å². The van der Waals surface area contributed by atoms with Crippen LogP contribution in [0.4, 0.5) is 17.1 Å². The molecule has 0 spiro atoms. The molecule has 0 aliphatic carbocycles. The largest absolute Gasteiger partial charge is 0.458 e. The van der Waals surface area contributed by atoms with E-state index in [1.807, 2.05) is 0 Å². The molecule has 2 aliphatic rings. The molecule has 6 nitrogen and oxygen atoms in total. The summed E-state index contributed by atoms with van der Waals surface area (Å²) in [5.41, 5.74) is 27.8. The van der Waals surface area contributed by atoms with Gasteiger partial charge in [0, 0.05) is 71.2 Å². The molecule has 0 amide bonds. The third kappa shape index (κ3) is 7.81. The monoisotopic (exact) mass is 1250 g/mol. The first-order chi connectivity index (χ1) is 48.6. The third-order valence-electron chi connectivity index (χ3n) is 21.1. The first kappa shape index (κ1) is 54.5. The van der Waals surface area contributed by atoms with Gasteiger partial charge in [-0.2, -0.15) is 0 Å². The first-order valence-electron chi connectivity index (χ1n) is 33.9. The van der Waals surface area contributed by atoms with E-state index in [0.29, 0.717) is 0 Å². The molecule has 0 bridgehead atoms. The molecular formula is C91H58BN5O. The lowest BCUT2D eigenvalue weighted by Gasteiger charge is -2.41. The summed E-state index contributed by atoms with van der Waals surface area (Å²) in [5, 5.41) is 9.66. The van der Waals surface area contributed by atoms with Crippen molar-refractivity contribution in [1.29, 1.82) is 0 Å². The van der Waals surface area contributed by atoms with E-state index in [-0.39, 0.29) is 6.71 Å². The summed E-state index contributed by atoms with van der Waals surface area (Å²) in [4.78, 5) is 2.58. The molecule has 0 N–H and O–H groups in total. The van der Waals surface area contributed by atoms with Gasteiger partial charge in [-0.25, -0.2) is 0 Å². The molecule has 0 saturated heterocycles. The van der Waals surface area contributed by atoms with Crippen molar-refractivity contribution in [3.63, 3.8) is 0 Å². The fourth-order valence-electron chi connectivity index (χ4n) is 17.0. The van der Waals surface area contributed by atoms with Crippen LogP contribution in [-0.4, -0.2) is 25.0 Å². The van der Waals surface area contributed by atoms with Crippen LogP contribution in [0.2, 0.25) is 0 Å². The lowest BCUT2D eigenvalue weighted by Crippen LogP contribution is -2.59. The van der Waals surface area contributed by atoms with Gasteiger partial charge in [0.2, 0.25) is 0 Å². The van der Waals surface area contributed by atoms with Gasteiger partial charge in [0.05, 0.1) is 72.6 Å². The first-order valence-corrected chi connectivity index (χ1v) is 33.9. The number of ether oxygens (including phenoxy) is 1. The Balaban J connectivity index is 0.883. The van der Waals surface area contributed by atoms with Gasteiger partial charge in [-0.15, -0.1) is 0 Å². The predicted octanol–water partition coefficient (Wildman–Crippen LogP) is 21.8. The second kappa shape index (κ2) is 21.1. The van der Waals surface area contributed by atoms with E-state index in [1.54, 1.807) is 0 Å². The summed E-state index contributed by atoms with van der Waals surface area (Å²) in [5.74, 6) is 1.70. The van der Waals surface area contributed by atoms with E-state index < -0.39 is 0 Å². The Morgan fingerprint density at radius 1 is 0.245 bits per heavy atom. The van der Waals surface area contributed by atoms with Gasteiger partial charge in [0.25, 0.3) is 6.71 Å². The molecule has 2 aliphatic heterocycles. The quantitative estimate of drug-likeness (QED) is 0.142. The van der Waals surface area contributed by atoms with Crippen molar-refractivity contribution in [3.05, 3.63) is 339 Å². The van der Waals surface area contributed by atoms with Crippen LogP contribution in [-0.2, 0) is 0 Å². The molecule has 4 aromatic heterocycles. The SMILES string of the molecule is Cc1ccc2c(c1)Oc1cc(-c3cccc(-n4c5ccccc5c5ccccc54)c3-n3c4ccccc4c4ccccc43)cc3c1B2c1ccc(-c2cccc(-n4c5ccccc5c5ccccc54)c2-n2c4ccccc4c4ccccc42)cc1N3c1ccccc1-c1ccccc1. The molecule has 456 valence electrons. The zero-order chi connectivity index (χ0) is 64.3. The van der Waals surface area contributed by atoms with Crippen molar-refractivity contribution < 1.29 is 4.74 Å². The zero-order valence-electron chi connectivity index (χ0n) is 53.5. The highest BCUT2D eigenvalue weighted by Gasteiger charge is 2.43. The van der Waals surface area contributed by atoms with Crippen molar-refractivity contribution in [1.82, 2.24) is 18.3 Å². The normalized spacial score (nSPS) is 12.6. The summed E-state index contributed by atoms with van der Waals surface area (Å²) in [7, 11) is 0. The minimum Gasteiger partial charge on any atom is -0.458 e. The number of hydrogen-bond acceptors (Lipinski definition) is 2. The summed E-state index contributed by atoms with van der Waals surface area (Å²) >= 11 is 0. The second-order valence-electron chi connectivity index (χ2n) is 26.3. The summed E-state index contributed by atoms with van der Waals surface area (Å²) in [6.07, 6.45) is 0. The van der Waals surface area contributed by atoms with E-state index >= 15 is 0 Å². The van der Waals surface area contributed by atoms with Gasteiger partial charge in [0.1, 0.15) is 11.5 Å². The van der Waals surface area contributed by atoms with Crippen molar-refractivity contribution in [3.8, 4) is 67.6 Å². The third-order valence-corrected chi connectivity index (χ3v) is 21.1. The highest BCUT2D eigenvalue weighted by molar-refractivity contribution is 6.99. The number of hydrogen-bond donors (Lipinski definition) is 0. The lowest BCUT2D eigenvalue weighted by atomic mass is 9.34. The van der Waals surface area contributed by atoms with Crippen LogP contribution in [0.3, 0.4) is 0 Å². The van der Waals surface area contributed by atoms with Crippen LogP contribution in [0.15, 0.2) is 334 Å². The van der Waals surface area contributed by atoms with Crippen LogP contribution in [0, 0.1) is 6.92 Å². The van der Waals surface area contributed by atoms with Crippen LogP contribution in [0.1, 0.15) is 5.56 Å². The highest BCUT2D eigenvalue weighted by atomic mass is 16.5. The topological polar surface area (TPSA) is 32.2 Å². The zero-order valence-corrected chi connectivity index (χ0v) is 53.5. The molecule has 0 unspecified atom stereocenters. The Hall–Kier alpha value is -12.8. The number of anilines is 3. The maximum Gasteiger partial charge on any atom is 0.256 e. The van der Waals surface area contributed by atoms with Gasteiger partial charge in [-0.05, 0) is 137 Å². The van der Waals surface area contributed by atoms with Crippen LogP contribution in [0.25, 0.3) is 143 Å². The van der Waals surface area contributed by atoms with E-state index in [4.69, 9.17) is 4.74 Å². The van der Waals surface area contributed by atoms with Crippen LogP contribution >= 0.6 is 0 Å². The van der Waals surface area contributed by atoms with Gasteiger partial charge in [-0.1, -0.05) is 243 Å². The molecule has 98 heavy (non-hydrogen) atoms. The number of fused-ring (bicyclic) bond motifs is 16. The smallest absolute Gasteiger partial charge is 0.256 e. The molecular weight excluding hydrogens is 1190 g/mol. The van der Waals surface area contributed by atoms with Crippen molar-refractivity contribution in [2.24, 2.45) is 0 Å². The fraction of sp³-hybridized carbons (Fsp3) is 0.0110. The molecule has 6 heterocycles. The van der Waals surface area contributed by atoms with Gasteiger partial charge in [-0.3, -0.25) is 0 Å². The summed E-state index contributed by atoms with van der Waals surface area (Å²) in [6, 6.07) is 124. The maximum atomic E-state index is 7.56. The Morgan fingerprint density at radius 3 is 1.10 bits per heavy atom. The van der Waals surface area contributed by atoms with Crippen LogP contribution < -0.4 is 26.0 Å². The summed E-state index contributed by atoms with van der Waals surface area (Å²) in [6.45, 7) is 1.98. The minimum absolute atomic E-state index is 0.191. The maximum absolute atomic E-state index is 7.56. The fourth-order valence-corrected chi connectivity index (χ4v) is 17.0.